The first-order chi connectivity index (χ1) is 8.31. The largest absolute Gasteiger partial charge is 0.387 e. The second-order valence-electron chi connectivity index (χ2n) is 5.08. The van der Waals surface area contributed by atoms with Gasteiger partial charge in [0.05, 0.1) is 18.0 Å². The maximum absolute atomic E-state index is 10.3. The number of hydrogen-bond acceptors (Lipinski definition) is 3. The summed E-state index contributed by atoms with van der Waals surface area (Å²) in [5.74, 6) is 0.674. The quantitative estimate of drug-likeness (QED) is 0.819. The molecule has 4 heteroatoms. The fraction of sp³-hybridized carbons (Fsp3) is 0.846. The van der Waals surface area contributed by atoms with E-state index in [1.54, 1.807) is 10.9 Å². The molecule has 1 aromatic heterocycles. The average molecular weight is 237 g/mol. The Morgan fingerprint density at radius 2 is 2.06 bits per heavy atom. The predicted molar refractivity (Wildman–Crippen MR) is 66.5 cm³/mol. The zero-order chi connectivity index (χ0) is 12.1. The lowest BCUT2D eigenvalue weighted by Crippen LogP contribution is -2.12. The summed E-state index contributed by atoms with van der Waals surface area (Å²) in [4.78, 5) is 0. The molecule has 1 aliphatic rings. The number of aryl methyl sites for hydroxylation is 1. The van der Waals surface area contributed by atoms with Crippen molar-refractivity contribution in [2.24, 2.45) is 5.92 Å². The van der Waals surface area contributed by atoms with Gasteiger partial charge in [0, 0.05) is 6.54 Å². The lowest BCUT2D eigenvalue weighted by atomic mass is 9.93. The van der Waals surface area contributed by atoms with Gasteiger partial charge >= 0.3 is 0 Å². The van der Waals surface area contributed by atoms with Gasteiger partial charge in [0.15, 0.2) is 0 Å². The molecular weight excluding hydrogens is 214 g/mol. The molecule has 2 rings (SSSR count). The number of aliphatic hydroxyl groups is 1. The molecule has 4 nitrogen and oxygen atoms in total. The van der Waals surface area contributed by atoms with Gasteiger partial charge in [-0.15, -0.1) is 5.10 Å². The van der Waals surface area contributed by atoms with E-state index in [0.29, 0.717) is 5.92 Å². The first kappa shape index (κ1) is 12.6. The molecule has 0 bridgehead atoms. The maximum Gasteiger partial charge on any atom is 0.0975 e. The molecule has 0 radical (unpaired) electrons. The van der Waals surface area contributed by atoms with Crippen LogP contribution in [0.2, 0.25) is 0 Å². The van der Waals surface area contributed by atoms with E-state index in [-0.39, 0.29) is 0 Å². The maximum atomic E-state index is 10.3. The van der Waals surface area contributed by atoms with Gasteiger partial charge in [-0.25, -0.2) is 4.68 Å². The number of aliphatic hydroxyl groups excluding tert-OH is 1. The smallest absolute Gasteiger partial charge is 0.0975 e. The molecule has 0 aromatic carbocycles. The van der Waals surface area contributed by atoms with Gasteiger partial charge < -0.3 is 5.11 Å². The summed E-state index contributed by atoms with van der Waals surface area (Å²) in [6.45, 7) is 2.80. The van der Waals surface area contributed by atoms with Crippen LogP contribution in [0.25, 0.3) is 0 Å². The molecule has 17 heavy (non-hydrogen) atoms. The van der Waals surface area contributed by atoms with E-state index in [1.807, 2.05) is 6.92 Å². The van der Waals surface area contributed by atoms with Crippen LogP contribution in [0.4, 0.5) is 0 Å². The van der Waals surface area contributed by atoms with Crippen molar-refractivity contribution in [3.63, 3.8) is 0 Å². The van der Waals surface area contributed by atoms with Crippen LogP contribution in [-0.2, 0) is 6.54 Å². The molecule has 1 saturated carbocycles. The predicted octanol–water partition coefficient (Wildman–Crippen LogP) is 2.69. The Labute approximate surface area is 103 Å². The normalized spacial score (nSPS) is 20.1. The van der Waals surface area contributed by atoms with Gasteiger partial charge in [0.2, 0.25) is 0 Å². The van der Waals surface area contributed by atoms with Crippen LogP contribution >= 0.6 is 0 Å². The number of hydrogen-bond donors (Lipinski definition) is 1. The Hall–Kier alpha value is -0.900. The first-order valence-corrected chi connectivity index (χ1v) is 6.87. The molecule has 96 valence electrons. The van der Waals surface area contributed by atoms with E-state index >= 15 is 0 Å². The Kier molecular flexibility index (Phi) is 4.54. The van der Waals surface area contributed by atoms with Crippen molar-refractivity contribution in [2.75, 3.05) is 0 Å². The van der Waals surface area contributed by atoms with Gasteiger partial charge in [-0.05, 0) is 19.3 Å². The highest BCUT2D eigenvalue weighted by Gasteiger charge is 2.20. The van der Waals surface area contributed by atoms with E-state index in [0.717, 1.165) is 18.7 Å². The molecular formula is C13H23N3O. The van der Waals surface area contributed by atoms with Crippen LogP contribution < -0.4 is 0 Å². The van der Waals surface area contributed by atoms with Crippen molar-refractivity contribution in [2.45, 2.75) is 64.5 Å². The highest BCUT2D eigenvalue weighted by atomic mass is 16.3. The Bertz CT molecular complexity index is 329. The Balaban J connectivity index is 1.93. The third-order valence-corrected chi connectivity index (χ3v) is 3.82. The highest BCUT2D eigenvalue weighted by molar-refractivity contribution is 4.99. The lowest BCUT2D eigenvalue weighted by molar-refractivity contribution is 0.129. The van der Waals surface area contributed by atoms with Gasteiger partial charge in [-0.1, -0.05) is 43.7 Å². The third kappa shape index (κ3) is 3.28. The van der Waals surface area contributed by atoms with Crippen molar-refractivity contribution < 1.29 is 5.11 Å². The standard InChI is InChI=1S/C13H23N3O/c1-2-16-12(10-14-15-16)13(17)9-11-7-5-3-4-6-8-11/h10-11,13,17H,2-9H2,1H3. The summed E-state index contributed by atoms with van der Waals surface area (Å²) in [6.07, 6.45) is 10.1. The van der Waals surface area contributed by atoms with Crippen LogP contribution in [0.3, 0.4) is 0 Å². The third-order valence-electron chi connectivity index (χ3n) is 3.82. The molecule has 1 heterocycles. The van der Waals surface area contributed by atoms with Crippen molar-refractivity contribution in [1.82, 2.24) is 15.0 Å². The van der Waals surface area contributed by atoms with E-state index in [2.05, 4.69) is 10.3 Å². The Morgan fingerprint density at radius 1 is 1.35 bits per heavy atom. The fourth-order valence-corrected chi connectivity index (χ4v) is 2.81. The van der Waals surface area contributed by atoms with Crippen molar-refractivity contribution in [3.05, 3.63) is 11.9 Å². The average Bonchev–Trinajstić information content (AvgIpc) is 2.68. The van der Waals surface area contributed by atoms with Crippen LogP contribution in [0, 0.1) is 5.92 Å². The molecule has 1 unspecified atom stereocenters. The highest BCUT2D eigenvalue weighted by Crippen LogP contribution is 2.30. The summed E-state index contributed by atoms with van der Waals surface area (Å²) in [5, 5.41) is 18.1. The molecule has 1 aromatic rings. The lowest BCUT2D eigenvalue weighted by Gasteiger charge is -2.18. The summed E-state index contributed by atoms with van der Waals surface area (Å²) in [7, 11) is 0. The van der Waals surface area contributed by atoms with E-state index in [4.69, 9.17) is 0 Å². The molecule has 1 aliphatic carbocycles. The van der Waals surface area contributed by atoms with Crippen LogP contribution in [-0.4, -0.2) is 20.1 Å². The van der Waals surface area contributed by atoms with Crippen LogP contribution in [0.15, 0.2) is 6.20 Å². The van der Waals surface area contributed by atoms with Crippen LogP contribution in [0.5, 0.6) is 0 Å². The number of rotatable bonds is 4. The van der Waals surface area contributed by atoms with E-state index < -0.39 is 6.10 Å². The molecule has 0 amide bonds. The summed E-state index contributed by atoms with van der Waals surface area (Å²) < 4.78 is 1.79. The monoisotopic (exact) mass is 237 g/mol. The number of nitrogens with zero attached hydrogens (tertiary/aromatic N) is 3. The second kappa shape index (κ2) is 6.15. The van der Waals surface area contributed by atoms with Crippen LogP contribution in [0.1, 0.15) is 63.7 Å². The topological polar surface area (TPSA) is 50.9 Å². The van der Waals surface area contributed by atoms with Gasteiger partial charge in [-0.3, -0.25) is 0 Å². The zero-order valence-corrected chi connectivity index (χ0v) is 10.7. The molecule has 1 atom stereocenters. The summed E-state index contributed by atoms with van der Waals surface area (Å²) in [5.41, 5.74) is 0.872. The van der Waals surface area contributed by atoms with E-state index in [1.165, 1.54) is 38.5 Å². The van der Waals surface area contributed by atoms with Gasteiger partial charge in [-0.2, -0.15) is 0 Å². The minimum atomic E-state index is -0.395. The molecule has 0 aliphatic heterocycles. The van der Waals surface area contributed by atoms with Crippen molar-refractivity contribution >= 4 is 0 Å². The van der Waals surface area contributed by atoms with E-state index in [9.17, 15) is 5.11 Å². The van der Waals surface area contributed by atoms with Gasteiger partial charge in [0.25, 0.3) is 0 Å². The van der Waals surface area contributed by atoms with Crippen molar-refractivity contribution in [3.8, 4) is 0 Å². The zero-order valence-electron chi connectivity index (χ0n) is 10.7. The molecule has 0 spiro atoms. The number of aromatic nitrogens is 3. The summed E-state index contributed by atoms with van der Waals surface area (Å²) in [6, 6.07) is 0. The second-order valence-corrected chi connectivity index (χ2v) is 5.08. The SMILES string of the molecule is CCn1nncc1C(O)CC1CCCCCC1. The summed E-state index contributed by atoms with van der Waals surface area (Å²) >= 11 is 0. The molecule has 1 fully saturated rings. The van der Waals surface area contributed by atoms with Crippen molar-refractivity contribution in [1.29, 1.82) is 0 Å². The molecule has 1 N–H and O–H groups in total. The minimum Gasteiger partial charge on any atom is -0.387 e. The first-order valence-electron chi connectivity index (χ1n) is 6.87. The van der Waals surface area contributed by atoms with Gasteiger partial charge in [0.1, 0.15) is 0 Å². The molecule has 0 saturated heterocycles. The fourth-order valence-electron chi connectivity index (χ4n) is 2.81. The Morgan fingerprint density at radius 3 is 2.71 bits per heavy atom. The minimum absolute atomic E-state index is 0.395.